The maximum absolute atomic E-state index is 13.8. The number of rotatable bonds is 4. The van der Waals surface area contributed by atoms with Gasteiger partial charge in [0, 0.05) is 5.69 Å². The molecule has 0 atom stereocenters. The number of nitrogen functional groups attached to an aromatic ring is 1. The van der Waals surface area contributed by atoms with Gasteiger partial charge in [0.15, 0.2) is 0 Å². The Balaban J connectivity index is 2.32. The Kier molecular flexibility index (Phi) is 4.42. The van der Waals surface area contributed by atoms with Crippen molar-refractivity contribution >= 4 is 17.3 Å². The van der Waals surface area contributed by atoms with Crippen molar-refractivity contribution in [1.29, 1.82) is 0 Å². The van der Waals surface area contributed by atoms with Gasteiger partial charge >= 0.3 is 0 Å². The summed E-state index contributed by atoms with van der Waals surface area (Å²) in [5, 5.41) is 2.52. The Labute approximate surface area is 122 Å². The van der Waals surface area contributed by atoms with Gasteiger partial charge in [-0.3, -0.25) is 4.79 Å². The van der Waals surface area contributed by atoms with Crippen LogP contribution in [-0.2, 0) is 0 Å². The Morgan fingerprint density at radius 2 is 2.10 bits per heavy atom. The van der Waals surface area contributed by atoms with Crippen molar-refractivity contribution in [3.8, 4) is 5.75 Å². The molecule has 0 saturated heterocycles. The zero-order valence-corrected chi connectivity index (χ0v) is 11.9. The van der Waals surface area contributed by atoms with Crippen LogP contribution < -0.4 is 15.8 Å². The lowest BCUT2D eigenvalue weighted by Crippen LogP contribution is -2.16. The first-order valence-electron chi connectivity index (χ1n) is 6.61. The fourth-order valence-electron chi connectivity index (χ4n) is 1.97. The molecule has 0 spiro atoms. The third-order valence-electron chi connectivity index (χ3n) is 2.96. The summed E-state index contributed by atoms with van der Waals surface area (Å²) < 4.78 is 19.2. The van der Waals surface area contributed by atoms with Crippen molar-refractivity contribution in [2.24, 2.45) is 0 Å². The first kappa shape index (κ1) is 14.8. The fraction of sp³-hybridized carbons (Fsp3) is 0.188. The van der Waals surface area contributed by atoms with Crippen LogP contribution in [0.1, 0.15) is 22.8 Å². The SMILES string of the molecule is CCOc1cccc(N)c1C(=O)Nc1ccc(C)cc1F. The molecule has 110 valence electrons. The van der Waals surface area contributed by atoms with E-state index in [4.69, 9.17) is 10.5 Å². The first-order valence-corrected chi connectivity index (χ1v) is 6.61. The van der Waals surface area contributed by atoms with Crippen molar-refractivity contribution in [3.63, 3.8) is 0 Å². The Hall–Kier alpha value is -2.56. The molecule has 0 saturated carbocycles. The van der Waals surface area contributed by atoms with Crippen LogP contribution in [0.4, 0.5) is 15.8 Å². The molecule has 21 heavy (non-hydrogen) atoms. The van der Waals surface area contributed by atoms with E-state index in [9.17, 15) is 9.18 Å². The Bertz CT molecular complexity index is 671. The standard InChI is InChI=1S/C16H17FN2O2/c1-3-21-14-6-4-5-12(18)15(14)16(20)19-13-8-7-10(2)9-11(13)17/h4-9H,3,18H2,1-2H3,(H,19,20). The summed E-state index contributed by atoms with van der Waals surface area (Å²) in [6.45, 7) is 3.99. The molecule has 0 aromatic heterocycles. The van der Waals surface area contributed by atoms with E-state index in [1.54, 1.807) is 31.2 Å². The van der Waals surface area contributed by atoms with E-state index in [0.717, 1.165) is 5.56 Å². The molecule has 0 aliphatic carbocycles. The number of hydrogen-bond acceptors (Lipinski definition) is 3. The molecule has 0 unspecified atom stereocenters. The summed E-state index contributed by atoms with van der Waals surface area (Å²) in [4.78, 5) is 12.3. The highest BCUT2D eigenvalue weighted by Crippen LogP contribution is 2.26. The Morgan fingerprint density at radius 3 is 2.76 bits per heavy atom. The summed E-state index contributed by atoms with van der Waals surface area (Å²) in [6, 6.07) is 9.54. The van der Waals surface area contributed by atoms with E-state index in [-0.39, 0.29) is 16.9 Å². The molecule has 2 rings (SSSR count). The molecule has 2 aromatic carbocycles. The highest BCUT2D eigenvalue weighted by atomic mass is 19.1. The second-order valence-electron chi connectivity index (χ2n) is 4.59. The smallest absolute Gasteiger partial charge is 0.261 e. The summed E-state index contributed by atoms with van der Waals surface area (Å²) in [5.74, 6) is -0.613. The number of nitrogens with one attached hydrogen (secondary N) is 1. The number of anilines is 2. The minimum atomic E-state index is -0.501. The number of carbonyl (C=O) groups excluding carboxylic acids is 1. The molecule has 0 aliphatic heterocycles. The van der Waals surface area contributed by atoms with Gasteiger partial charge in [0.25, 0.3) is 5.91 Å². The molecule has 0 bridgehead atoms. The molecular weight excluding hydrogens is 271 g/mol. The van der Waals surface area contributed by atoms with E-state index in [1.165, 1.54) is 12.1 Å². The van der Waals surface area contributed by atoms with Crippen LogP contribution in [0.15, 0.2) is 36.4 Å². The summed E-state index contributed by atoms with van der Waals surface area (Å²) in [5.41, 5.74) is 7.21. The van der Waals surface area contributed by atoms with Crippen molar-refractivity contribution in [3.05, 3.63) is 53.3 Å². The minimum absolute atomic E-state index is 0.108. The second kappa shape index (κ2) is 6.26. The average Bonchev–Trinajstić information content (AvgIpc) is 2.42. The monoisotopic (exact) mass is 288 g/mol. The van der Waals surface area contributed by atoms with Gasteiger partial charge in [-0.1, -0.05) is 12.1 Å². The lowest BCUT2D eigenvalue weighted by molar-refractivity contribution is 0.102. The normalized spacial score (nSPS) is 10.2. The molecule has 0 aliphatic rings. The van der Waals surface area contributed by atoms with E-state index in [2.05, 4.69) is 5.32 Å². The summed E-state index contributed by atoms with van der Waals surface area (Å²) in [6.07, 6.45) is 0. The number of ether oxygens (including phenoxy) is 1. The number of nitrogens with two attached hydrogens (primary N) is 1. The van der Waals surface area contributed by atoms with Gasteiger partial charge in [0.2, 0.25) is 0 Å². The fourth-order valence-corrected chi connectivity index (χ4v) is 1.97. The molecule has 0 fully saturated rings. The number of halogens is 1. The topological polar surface area (TPSA) is 64.3 Å². The maximum Gasteiger partial charge on any atom is 0.261 e. The van der Waals surface area contributed by atoms with Gasteiger partial charge in [0.1, 0.15) is 17.1 Å². The summed E-state index contributed by atoms with van der Waals surface area (Å²) in [7, 11) is 0. The summed E-state index contributed by atoms with van der Waals surface area (Å²) >= 11 is 0. The van der Waals surface area contributed by atoms with Crippen molar-refractivity contribution < 1.29 is 13.9 Å². The van der Waals surface area contributed by atoms with Crippen LogP contribution in [0.3, 0.4) is 0 Å². The highest BCUT2D eigenvalue weighted by molar-refractivity contribution is 6.09. The van der Waals surface area contributed by atoms with Crippen LogP contribution in [-0.4, -0.2) is 12.5 Å². The largest absolute Gasteiger partial charge is 0.493 e. The lowest BCUT2D eigenvalue weighted by atomic mass is 10.1. The molecule has 4 nitrogen and oxygen atoms in total. The van der Waals surface area contributed by atoms with Crippen LogP contribution in [0.2, 0.25) is 0 Å². The van der Waals surface area contributed by atoms with Gasteiger partial charge in [-0.25, -0.2) is 4.39 Å². The van der Waals surface area contributed by atoms with Crippen molar-refractivity contribution in [1.82, 2.24) is 0 Å². The highest BCUT2D eigenvalue weighted by Gasteiger charge is 2.17. The molecule has 2 aromatic rings. The van der Waals surface area contributed by atoms with E-state index in [0.29, 0.717) is 12.4 Å². The quantitative estimate of drug-likeness (QED) is 0.848. The minimum Gasteiger partial charge on any atom is -0.493 e. The Morgan fingerprint density at radius 1 is 1.33 bits per heavy atom. The van der Waals surface area contributed by atoms with E-state index < -0.39 is 11.7 Å². The van der Waals surface area contributed by atoms with Gasteiger partial charge in [0.05, 0.1) is 12.3 Å². The number of aryl methyl sites for hydroxylation is 1. The third-order valence-corrected chi connectivity index (χ3v) is 2.96. The molecule has 0 heterocycles. The van der Waals surface area contributed by atoms with Gasteiger partial charge in [-0.15, -0.1) is 0 Å². The number of carbonyl (C=O) groups is 1. The van der Waals surface area contributed by atoms with Crippen molar-refractivity contribution in [2.75, 3.05) is 17.7 Å². The molecule has 5 heteroatoms. The van der Waals surface area contributed by atoms with E-state index in [1.807, 2.05) is 6.92 Å². The molecule has 1 amide bonds. The first-order chi connectivity index (χ1) is 10.0. The number of benzene rings is 2. The third kappa shape index (κ3) is 3.31. The second-order valence-corrected chi connectivity index (χ2v) is 4.59. The predicted molar refractivity (Wildman–Crippen MR) is 81.1 cm³/mol. The average molecular weight is 288 g/mol. The van der Waals surface area contributed by atoms with Crippen molar-refractivity contribution in [2.45, 2.75) is 13.8 Å². The zero-order valence-electron chi connectivity index (χ0n) is 11.9. The molecule has 3 N–H and O–H groups in total. The predicted octanol–water partition coefficient (Wildman–Crippen LogP) is 3.37. The van der Waals surface area contributed by atoms with Crippen LogP contribution in [0.5, 0.6) is 5.75 Å². The van der Waals surface area contributed by atoms with Gasteiger partial charge in [-0.2, -0.15) is 0 Å². The van der Waals surface area contributed by atoms with Crippen LogP contribution in [0.25, 0.3) is 0 Å². The number of amides is 1. The van der Waals surface area contributed by atoms with Gasteiger partial charge in [-0.05, 0) is 43.7 Å². The van der Waals surface area contributed by atoms with Crippen LogP contribution in [0, 0.1) is 12.7 Å². The zero-order chi connectivity index (χ0) is 15.4. The van der Waals surface area contributed by atoms with Gasteiger partial charge < -0.3 is 15.8 Å². The van der Waals surface area contributed by atoms with E-state index >= 15 is 0 Å². The molecular formula is C16H17FN2O2. The number of hydrogen-bond donors (Lipinski definition) is 2. The lowest BCUT2D eigenvalue weighted by Gasteiger charge is -2.13. The van der Waals surface area contributed by atoms with Crippen LogP contribution >= 0.6 is 0 Å². The molecule has 0 radical (unpaired) electrons. The maximum atomic E-state index is 13.8.